The topological polar surface area (TPSA) is 69.7 Å². The SMILES string of the molecule is CN(C)c1cccc(C(=O)NCCCN(C)S(C)(=O)=O)c1. The van der Waals surface area contributed by atoms with Crippen LogP contribution in [-0.2, 0) is 10.0 Å². The van der Waals surface area contributed by atoms with Crippen molar-refractivity contribution >= 4 is 21.6 Å². The number of carbonyl (C=O) groups is 1. The second-order valence-electron chi connectivity index (χ2n) is 5.14. The summed E-state index contributed by atoms with van der Waals surface area (Å²) < 4.78 is 23.7. The average molecular weight is 313 g/mol. The quantitative estimate of drug-likeness (QED) is 0.755. The predicted octanol–water partition coefficient (Wildman–Crippen LogP) is 0.764. The monoisotopic (exact) mass is 313 g/mol. The lowest BCUT2D eigenvalue weighted by atomic mass is 10.2. The second-order valence-corrected chi connectivity index (χ2v) is 7.23. The largest absolute Gasteiger partial charge is 0.378 e. The highest BCUT2D eigenvalue weighted by molar-refractivity contribution is 7.88. The van der Waals surface area contributed by atoms with Crippen LogP contribution in [0.5, 0.6) is 0 Å². The molecule has 1 N–H and O–H groups in total. The normalized spacial score (nSPS) is 11.5. The molecule has 0 aliphatic heterocycles. The standard InChI is InChI=1S/C14H23N3O3S/c1-16(2)13-8-5-7-12(11-13)14(18)15-9-6-10-17(3)21(4,19)20/h5,7-8,11H,6,9-10H2,1-4H3,(H,15,18). The summed E-state index contributed by atoms with van der Waals surface area (Å²) in [7, 11) is 2.20. The van der Waals surface area contributed by atoms with E-state index >= 15 is 0 Å². The molecule has 21 heavy (non-hydrogen) atoms. The highest BCUT2D eigenvalue weighted by Crippen LogP contribution is 2.13. The molecule has 1 amide bonds. The fourth-order valence-corrected chi connectivity index (χ4v) is 2.16. The van der Waals surface area contributed by atoms with E-state index in [4.69, 9.17) is 0 Å². The van der Waals surface area contributed by atoms with Crippen molar-refractivity contribution in [2.45, 2.75) is 6.42 Å². The molecule has 0 aliphatic carbocycles. The number of carbonyl (C=O) groups excluding carboxylic acids is 1. The maximum Gasteiger partial charge on any atom is 0.251 e. The van der Waals surface area contributed by atoms with Gasteiger partial charge < -0.3 is 10.2 Å². The van der Waals surface area contributed by atoms with Crippen LogP contribution in [0.25, 0.3) is 0 Å². The van der Waals surface area contributed by atoms with E-state index in [-0.39, 0.29) is 5.91 Å². The number of hydrogen-bond acceptors (Lipinski definition) is 4. The lowest BCUT2D eigenvalue weighted by Gasteiger charge is -2.15. The summed E-state index contributed by atoms with van der Waals surface area (Å²) in [4.78, 5) is 13.9. The van der Waals surface area contributed by atoms with Crippen molar-refractivity contribution in [2.24, 2.45) is 0 Å². The third-order valence-electron chi connectivity index (χ3n) is 3.13. The third-order valence-corrected chi connectivity index (χ3v) is 4.44. The molecule has 0 saturated heterocycles. The van der Waals surface area contributed by atoms with Gasteiger partial charge in [0.15, 0.2) is 0 Å². The van der Waals surface area contributed by atoms with Gasteiger partial charge in [0.05, 0.1) is 6.26 Å². The van der Waals surface area contributed by atoms with Crippen molar-refractivity contribution in [3.63, 3.8) is 0 Å². The van der Waals surface area contributed by atoms with Gasteiger partial charge in [0, 0.05) is 45.5 Å². The maximum atomic E-state index is 12.0. The molecule has 0 aliphatic rings. The summed E-state index contributed by atoms with van der Waals surface area (Å²) in [5, 5.41) is 2.79. The van der Waals surface area contributed by atoms with Gasteiger partial charge in [0.1, 0.15) is 0 Å². The Morgan fingerprint density at radius 3 is 2.48 bits per heavy atom. The van der Waals surface area contributed by atoms with E-state index < -0.39 is 10.0 Å². The van der Waals surface area contributed by atoms with Gasteiger partial charge in [-0.15, -0.1) is 0 Å². The molecule has 1 aromatic rings. The van der Waals surface area contributed by atoms with E-state index in [1.54, 1.807) is 6.07 Å². The van der Waals surface area contributed by atoms with Gasteiger partial charge in [-0.25, -0.2) is 12.7 Å². The van der Waals surface area contributed by atoms with Crippen LogP contribution >= 0.6 is 0 Å². The van der Waals surface area contributed by atoms with Crippen molar-refractivity contribution in [3.05, 3.63) is 29.8 Å². The molecule has 1 rings (SSSR count). The zero-order chi connectivity index (χ0) is 16.0. The smallest absolute Gasteiger partial charge is 0.251 e. The molecular formula is C14H23N3O3S. The fourth-order valence-electron chi connectivity index (χ4n) is 1.70. The minimum atomic E-state index is -3.16. The fraction of sp³-hybridized carbons (Fsp3) is 0.500. The van der Waals surface area contributed by atoms with Crippen LogP contribution in [0, 0.1) is 0 Å². The molecule has 7 heteroatoms. The summed E-state index contributed by atoms with van der Waals surface area (Å²) in [6.45, 7) is 0.821. The van der Waals surface area contributed by atoms with Crippen LogP contribution in [0.2, 0.25) is 0 Å². The van der Waals surface area contributed by atoms with Crippen molar-refractivity contribution in [2.75, 3.05) is 45.4 Å². The molecule has 1 aromatic carbocycles. The van der Waals surface area contributed by atoms with E-state index in [1.807, 2.05) is 37.2 Å². The highest BCUT2D eigenvalue weighted by Gasteiger charge is 2.10. The van der Waals surface area contributed by atoms with Gasteiger partial charge in [0.2, 0.25) is 10.0 Å². The Labute approximate surface area is 126 Å². The first-order valence-electron chi connectivity index (χ1n) is 6.68. The van der Waals surface area contributed by atoms with Crippen LogP contribution in [0.1, 0.15) is 16.8 Å². The number of nitrogens with zero attached hydrogens (tertiary/aromatic N) is 2. The summed E-state index contributed by atoms with van der Waals surface area (Å²) in [5.74, 6) is -0.152. The van der Waals surface area contributed by atoms with Crippen molar-refractivity contribution in [1.82, 2.24) is 9.62 Å². The number of anilines is 1. The van der Waals surface area contributed by atoms with Crippen molar-refractivity contribution in [1.29, 1.82) is 0 Å². The minimum absolute atomic E-state index is 0.152. The number of rotatable bonds is 7. The van der Waals surface area contributed by atoms with Gasteiger partial charge in [-0.3, -0.25) is 4.79 Å². The Hall–Kier alpha value is -1.60. The number of sulfonamides is 1. The van der Waals surface area contributed by atoms with Gasteiger partial charge in [-0.2, -0.15) is 0 Å². The Kier molecular flexibility index (Phi) is 6.17. The summed E-state index contributed by atoms with van der Waals surface area (Å²) in [6.07, 6.45) is 1.74. The molecule has 0 unspecified atom stereocenters. The molecule has 0 atom stereocenters. The van der Waals surface area contributed by atoms with Crippen LogP contribution in [-0.4, -0.2) is 59.1 Å². The molecule has 0 spiro atoms. The zero-order valence-corrected chi connectivity index (χ0v) is 13.8. The van der Waals surface area contributed by atoms with E-state index in [0.29, 0.717) is 25.1 Å². The molecule has 0 fully saturated rings. The lowest BCUT2D eigenvalue weighted by molar-refractivity contribution is 0.0953. The van der Waals surface area contributed by atoms with E-state index in [2.05, 4.69) is 5.32 Å². The van der Waals surface area contributed by atoms with E-state index in [9.17, 15) is 13.2 Å². The first kappa shape index (κ1) is 17.5. The zero-order valence-electron chi connectivity index (χ0n) is 13.0. The number of nitrogens with one attached hydrogen (secondary N) is 1. The lowest BCUT2D eigenvalue weighted by Crippen LogP contribution is -2.31. The molecule has 6 nitrogen and oxygen atoms in total. The molecular weight excluding hydrogens is 290 g/mol. The molecule has 118 valence electrons. The Morgan fingerprint density at radius 2 is 1.90 bits per heavy atom. The van der Waals surface area contributed by atoms with Crippen molar-refractivity contribution in [3.8, 4) is 0 Å². The summed E-state index contributed by atoms with van der Waals surface area (Å²) in [6, 6.07) is 7.34. The number of hydrogen-bond donors (Lipinski definition) is 1. The van der Waals surface area contributed by atoms with Gasteiger partial charge >= 0.3 is 0 Å². The van der Waals surface area contributed by atoms with Crippen LogP contribution in [0.15, 0.2) is 24.3 Å². The third kappa shape index (κ3) is 5.73. The molecule has 0 saturated carbocycles. The highest BCUT2D eigenvalue weighted by atomic mass is 32.2. The Bertz CT molecular complexity index is 585. The Morgan fingerprint density at radius 1 is 1.24 bits per heavy atom. The van der Waals surface area contributed by atoms with Gasteiger partial charge in [-0.1, -0.05) is 6.07 Å². The van der Waals surface area contributed by atoms with Crippen LogP contribution in [0.3, 0.4) is 0 Å². The second kappa shape index (κ2) is 7.42. The summed E-state index contributed by atoms with van der Waals surface area (Å²) in [5.41, 5.74) is 1.55. The number of amides is 1. The molecule has 0 radical (unpaired) electrons. The average Bonchev–Trinajstić information content (AvgIpc) is 2.42. The Balaban J connectivity index is 2.46. The molecule has 0 heterocycles. The van der Waals surface area contributed by atoms with Crippen molar-refractivity contribution < 1.29 is 13.2 Å². The predicted molar refractivity (Wildman–Crippen MR) is 85.2 cm³/mol. The first-order valence-corrected chi connectivity index (χ1v) is 8.53. The van der Waals surface area contributed by atoms with Crippen LogP contribution in [0.4, 0.5) is 5.69 Å². The van der Waals surface area contributed by atoms with E-state index in [1.165, 1.54) is 17.6 Å². The molecule has 0 bridgehead atoms. The maximum absolute atomic E-state index is 12.0. The minimum Gasteiger partial charge on any atom is -0.378 e. The first-order chi connectivity index (χ1) is 9.71. The van der Waals surface area contributed by atoms with Gasteiger partial charge in [0.25, 0.3) is 5.91 Å². The summed E-state index contributed by atoms with van der Waals surface area (Å²) >= 11 is 0. The number of benzene rings is 1. The van der Waals surface area contributed by atoms with Gasteiger partial charge in [-0.05, 0) is 24.6 Å². The molecule has 0 aromatic heterocycles. The van der Waals surface area contributed by atoms with Crippen LogP contribution < -0.4 is 10.2 Å². The van der Waals surface area contributed by atoms with E-state index in [0.717, 1.165) is 5.69 Å².